The Labute approximate surface area is 69.8 Å². The van der Waals surface area contributed by atoms with Crippen LogP contribution >= 0.6 is 8.60 Å². The average molecular weight is 184 g/mol. The van der Waals surface area contributed by atoms with Gasteiger partial charge in [-0.1, -0.05) is 0 Å². The van der Waals surface area contributed by atoms with Gasteiger partial charge in [-0.05, 0) is 20.8 Å². The lowest BCUT2D eigenvalue weighted by molar-refractivity contribution is 0.176. The summed E-state index contributed by atoms with van der Waals surface area (Å²) in [6.07, 6.45) is 0. The van der Waals surface area contributed by atoms with Crippen LogP contribution in [0, 0.1) is 0 Å². The van der Waals surface area contributed by atoms with Crippen LogP contribution in [-0.2, 0) is 13.6 Å². The normalized spacial score (nSPS) is 9.82. The minimum atomic E-state index is -1.06. The first-order valence-corrected chi connectivity index (χ1v) is 4.63. The molecule has 0 rings (SSSR count). The van der Waals surface area contributed by atoms with Crippen molar-refractivity contribution < 1.29 is 13.6 Å². The molecule has 0 amide bonds. The Hall–Kier alpha value is 0.270. The van der Waals surface area contributed by atoms with E-state index in [0.717, 1.165) is 0 Å². The van der Waals surface area contributed by atoms with Crippen LogP contribution in [0.4, 0.5) is 0 Å². The van der Waals surface area contributed by atoms with Gasteiger partial charge in [0.2, 0.25) is 0 Å². The first kappa shape index (κ1) is 13.8. The third kappa shape index (κ3) is 8.17. The van der Waals surface area contributed by atoms with E-state index in [1.54, 1.807) is 0 Å². The maximum atomic E-state index is 5.14. The van der Waals surface area contributed by atoms with Crippen molar-refractivity contribution in [2.75, 3.05) is 19.8 Å². The largest absolute Gasteiger partial charge is 0.369 e. The Morgan fingerprint density at radius 1 is 0.818 bits per heavy atom. The van der Waals surface area contributed by atoms with Crippen LogP contribution < -0.4 is 6.15 Å². The molecule has 0 fully saturated rings. The van der Waals surface area contributed by atoms with Gasteiger partial charge in [0.25, 0.3) is 0 Å². The highest BCUT2D eigenvalue weighted by molar-refractivity contribution is 7.41. The van der Waals surface area contributed by atoms with E-state index in [1.807, 2.05) is 20.8 Å². The number of quaternary nitrogens is 1. The monoisotopic (exact) mass is 184 g/mol. The Kier molecular flexibility index (Phi) is 12.9. The lowest BCUT2D eigenvalue weighted by Crippen LogP contribution is -1.94. The molecule has 0 radical (unpaired) electrons. The molecule has 4 nitrogen and oxygen atoms in total. The SMILES string of the molecule is CCOP(OCC)OCC.[NH4+]. The molecule has 0 aliphatic rings. The Balaban J connectivity index is 0. The van der Waals surface area contributed by atoms with Gasteiger partial charge in [0, 0.05) is 0 Å². The quantitative estimate of drug-likeness (QED) is 0.645. The number of hydrogen-bond donors (Lipinski definition) is 1. The van der Waals surface area contributed by atoms with E-state index >= 15 is 0 Å². The Morgan fingerprint density at radius 3 is 1.27 bits per heavy atom. The Bertz CT molecular complexity index is 60.6. The van der Waals surface area contributed by atoms with Crippen LogP contribution in [-0.4, -0.2) is 19.8 Å². The summed E-state index contributed by atoms with van der Waals surface area (Å²) < 4.78 is 15.4. The van der Waals surface area contributed by atoms with Gasteiger partial charge < -0.3 is 19.7 Å². The number of hydrogen-bond acceptors (Lipinski definition) is 3. The predicted octanol–water partition coefficient (Wildman–Crippen LogP) is 2.70. The molecule has 0 saturated carbocycles. The molecule has 5 heteroatoms. The van der Waals surface area contributed by atoms with E-state index < -0.39 is 8.60 Å². The maximum Gasteiger partial charge on any atom is 0.332 e. The minimum Gasteiger partial charge on any atom is -0.369 e. The fourth-order valence-electron chi connectivity index (χ4n) is 0.428. The van der Waals surface area contributed by atoms with Gasteiger partial charge >= 0.3 is 8.60 Å². The van der Waals surface area contributed by atoms with E-state index in [-0.39, 0.29) is 6.15 Å². The van der Waals surface area contributed by atoms with Gasteiger partial charge in [-0.15, -0.1) is 0 Å². The summed E-state index contributed by atoms with van der Waals surface area (Å²) in [6.45, 7) is 7.71. The second kappa shape index (κ2) is 10.3. The van der Waals surface area contributed by atoms with Crippen LogP contribution in [0.25, 0.3) is 0 Å². The topological polar surface area (TPSA) is 64.2 Å². The lowest BCUT2D eigenvalue weighted by atomic mass is 10.9. The molecule has 70 valence electrons. The van der Waals surface area contributed by atoms with Crippen LogP contribution in [0.5, 0.6) is 0 Å². The zero-order valence-corrected chi connectivity index (χ0v) is 8.69. The highest BCUT2D eigenvalue weighted by Crippen LogP contribution is 2.38. The Morgan fingerprint density at radius 2 is 1.09 bits per heavy atom. The van der Waals surface area contributed by atoms with E-state index in [2.05, 4.69) is 0 Å². The van der Waals surface area contributed by atoms with Gasteiger partial charge in [0.1, 0.15) is 0 Å². The molecule has 0 aliphatic carbocycles. The van der Waals surface area contributed by atoms with E-state index in [1.165, 1.54) is 0 Å². The summed E-state index contributed by atoms with van der Waals surface area (Å²) in [6, 6.07) is 0. The van der Waals surface area contributed by atoms with Crippen LogP contribution in [0.15, 0.2) is 0 Å². The van der Waals surface area contributed by atoms with Crippen LogP contribution in [0.1, 0.15) is 20.8 Å². The summed E-state index contributed by atoms with van der Waals surface area (Å²) in [5.41, 5.74) is 0. The van der Waals surface area contributed by atoms with Gasteiger partial charge in [0.05, 0.1) is 19.8 Å². The van der Waals surface area contributed by atoms with E-state index in [4.69, 9.17) is 13.6 Å². The van der Waals surface area contributed by atoms with Crippen molar-refractivity contribution in [2.24, 2.45) is 0 Å². The third-order valence-corrected chi connectivity index (χ3v) is 2.11. The standard InChI is InChI=1S/C6H15O3P.H3N/c1-4-7-10(8-5-2)9-6-3;/h4-6H2,1-3H3;1H3/p+1. The summed E-state index contributed by atoms with van der Waals surface area (Å²) in [4.78, 5) is 0. The highest BCUT2D eigenvalue weighted by Gasteiger charge is 2.07. The molecule has 0 atom stereocenters. The lowest BCUT2D eigenvalue weighted by Gasteiger charge is -2.12. The van der Waals surface area contributed by atoms with Gasteiger partial charge in [-0.2, -0.15) is 0 Å². The predicted molar refractivity (Wildman–Crippen MR) is 47.8 cm³/mol. The van der Waals surface area contributed by atoms with Gasteiger partial charge in [0.15, 0.2) is 0 Å². The molecule has 0 unspecified atom stereocenters. The summed E-state index contributed by atoms with van der Waals surface area (Å²) in [5.74, 6) is 0. The molecule has 0 aromatic heterocycles. The van der Waals surface area contributed by atoms with Crippen LogP contribution in [0.3, 0.4) is 0 Å². The van der Waals surface area contributed by atoms with Crippen molar-refractivity contribution in [1.29, 1.82) is 0 Å². The zero-order chi connectivity index (χ0) is 7.82. The summed E-state index contributed by atoms with van der Waals surface area (Å²) in [7, 11) is -1.06. The first-order valence-electron chi connectivity index (χ1n) is 3.54. The fourth-order valence-corrected chi connectivity index (χ4v) is 1.28. The maximum absolute atomic E-state index is 5.14. The van der Waals surface area contributed by atoms with Crippen molar-refractivity contribution in [3.05, 3.63) is 0 Å². The van der Waals surface area contributed by atoms with E-state index in [9.17, 15) is 0 Å². The van der Waals surface area contributed by atoms with Crippen molar-refractivity contribution >= 4 is 8.60 Å². The van der Waals surface area contributed by atoms with Crippen molar-refractivity contribution in [2.45, 2.75) is 20.8 Å². The smallest absolute Gasteiger partial charge is 0.332 e. The molecule has 0 saturated heterocycles. The highest BCUT2D eigenvalue weighted by atomic mass is 31.2. The molecule has 4 N–H and O–H groups in total. The molecular formula is C6H19NO3P+. The molecular weight excluding hydrogens is 165 g/mol. The second-order valence-electron chi connectivity index (χ2n) is 1.48. The molecule has 11 heavy (non-hydrogen) atoms. The van der Waals surface area contributed by atoms with Crippen LogP contribution in [0.2, 0.25) is 0 Å². The fraction of sp³-hybridized carbons (Fsp3) is 1.00. The van der Waals surface area contributed by atoms with Crippen molar-refractivity contribution in [3.63, 3.8) is 0 Å². The molecule has 0 heterocycles. The average Bonchev–Trinajstić information content (AvgIpc) is 1.90. The van der Waals surface area contributed by atoms with Gasteiger partial charge in [-0.3, -0.25) is 0 Å². The number of rotatable bonds is 6. The summed E-state index contributed by atoms with van der Waals surface area (Å²) in [5, 5.41) is 0. The molecule has 0 aliphatic heterocycles. The first-order chi connectivity index (χ1) is 4.85. The van der Waals surface area contributed by atoms with Crippen molar-refractivity contribution in [1.82, 2.24) is 6.15 Å². The molecule has 0 bridgehead atoms. The zero-order valence-electron chi connectivity index (χ0n) is 7.79. The van der Waals surface area contributed by atoms with E-state index in [0.29, 0.717) is 19.8 Å². The molecule has 0 aromatic rings. The summed E-state index contributed by atoms with van der Waals surface area (Å²) >= 11 is 0. The molecule has 0 spiro atoms. The minimum absolute atomic E-state index is 0. The van der Waals surface area contributed by atoms with Gasteiger partial charge in [-0.25, -0.2) is 0 Å². The third-order valence-electron chi connectivity index (χ3n) is 0.704. The molecule has 0 aromatic carbocycles. The second-order valence-corrected chi connectivity index (χ2v) is 2.70. The van der Waals surface area contributed by atoms with Crippen molar-refractivity contribution in [3.8, 4) is 0 Å².